The summed E-state index contributed by atoms with van der Waals surface area (Å²) in [4.78, 5) is 37.9. The highest BCUT2D eigenvalue weighted by Crippen LogP contribution is 2.31. The average molecular weight is 510 g/mol. The molecule has 1 fully saturated rings. The summed E-state index contributed by atoms with van der Waals surface area (Å²) in [5, 5.41) is 20.9. The fourth-order valence-electron chi connectivity index (χ4n) is 3.70. The third-order valence-corrected chi connectivity index (χ3v) is 6.74. The number of aliphatic carboxylic acids is 2. The lowest BCUT2D eigenvalue weighted by Crippen LogP contribution is -2.44. The Morgan fingerprint density at radius 2 is 1.79 bits per heavy atom. The fraction of sp³-hybridized carbons (Fsp3) is 0.455. The van der Waals surface area contributed by atoms with Crippen LogP contribution in [0.15, 0.2) is 40.0 Å². The Labute approximate surface area is 206 Å². The normalized spacial score (nSPS) is 16.3. The van der Waals surface area contributed by atoms with Crippen LogP contribution in [0.5, 0.6) is 0 Å². The molecular formula is C22H28ClN5O5S. The van der Waals surface area contributed by atoms with Crippen LogP contribution < -0.4 is 5.69 Å². The van der Waals surface area contributed by atoms with Crippen LogP contribution in [0.2, 0.25) is 5.02 Å². The SMILES string of the molecule is CN1CCN(CCCn2nc3n(c2=O)-c2ccc(Cl)cc2SCC3)CC1.O=C(O)/C=C/C(=O)O. The smallest absolute Gasteiger partial charge is 0.350 e. The first kappa shape index (κ1) is 26.0. The first-order chi connectivity index (χ1) is 16.2. The van der Waals surface area contributed by atoms with E-state index in [0.717, 1.165) is 67.7 Å². The zero-order chi connectivity index (χ0) is 24.7. The van der Waals surface area contributed by atoms with Crippen molar-refractivity contribution in [3.8, 4) is 5.69 Å². The summed E-state index contributed by atoms with van der Waals surface area (Å²) in [6.45, 7) is 6.14. The number of rotatable bonds is 6. The summed E-state index contributed by atoms with van der Waals surface area (Å²) in [6.07, 6.45) is 2.85. The number of aryl methyl sites for hydroxylation is 2. The van der Waals surface area contributed by atoms with Gasteiger partial charge in [-0.15, -0.1) is 11.8 Å². The molecule has 0 atom stereocenters. The first-order valence-corrected chi connectivity index (χ1v) is 12.3. The lowest BCUT2D eigenvalue weighted by molar-refractivity contribution is -0.134. The van der Waals surface area contributed by atoms with Gasteiger partial charge in [-0.2, -0.15) is 5.10 Å². The van der Waals surface area contributed by atoms with Gasteiger partial charge in [0.25, 0.3) is 0 Å². The molecule has 0 unspecified atom stereocenters. The van der Waals surface area contributed by atoms with Gasteiger partial charge in [-0.3, -0.25) is 0 Å². The molecule has 4 rings (SSSR count). The molecule has 2 N–H and O–H groups in total. The second-order valence-corrected chi connectivity index (χ2v) is 9.55. The summed E-state index contributed by atoms with van der Waals surface area (Å²) >= 11 is 7.86. The molecule has 184 valence electrons. The van der Waals surface area contributed by atoms with E-state index in [1.807, 2.05) is 18.2 Å². The van der Waals surface area contributed by atoms with Crippen LogP contribution >= 0.6 is 23.4 Å². The molecular weight excluding hydrogens is 482 g/mol. The van der Waals surface area contributed by atoms with Gasteiger partial charge in [-0.05, 0) is 31.7 Å². The van der Waals surface area contributed by atoms with Crippen LogP contribution in [0, 0.1) is 0 Å². The topological polar surface area (TPSA) is 121 Å². The Morgan fingerprint density at radius 1 is 1.12 bits per heavy atom. The maximum absolute atomic E-state index is 12.9. The Balaban J connectivity index is 0.000000350. The molecule has 2 aliphatic rings. The quantitative estimate of drug-likeness (QED) is 0.560. The van der Waals surface area contributed by atoms with Gasteiger partial charge in [0.15, 0.2) is 0 Å². The van der Waals surface area contributed by atoms with E-state index < -0.39 is 11.9 Å². The Hall–Kier alpha value is -2.60. The van der Waals surface area contributed by atoms with E-state index in [1.165, 1.54) is 0 Å². The number of nitrogens with zero attached hydrogens (tertiary/aromatic N) is 5. The van der Waals surface area contributed by atoms with Crippen molar-refractivity contribution in [2.45, 2.75) is 24.3 Å². The third kappa shape index (κ3) is 7.20. The van der Waals surface area contributed by atoms with Crippen molar-refractivity contribution in [2.24, 2.45) is 0 Å². The number of piperazine rings is 1. The first-order valence-electron chi connectivity index (χ1n) is 10.9. The zero-order valence-electron chi connectivity index (χ0n) is 18.9. The fourth-order valence-corrected chi connectivity index (χ4v) is 4.96. The molecule has 2 aromatic rings. The Kier molecular flexibility index (Phi) is 9.34. The number of aromatic nitrogens is 3. The molecule has 10 nitrogen and oxygen atoms in total. The van der Waals surface area contributed by atoms with Gasteiger partial charge in [0.1, 0.15) is 5.82 Å². The molecule has 3 heterocycles. The van der Waals surface area contributed by atoms with Gasteiger partial charge in [-0.25, -0.2) is 23.6 Å². The largest absolute Gasteiger partial charge is 0.478 e. The molecule has 0 saturated carbocycles. The lowest BCUT2D eigenvalue weighted by Gasteiger charge is -2.32. The molecule has 0 amide bonds. The summed E-state index contributed by atoms with van der Waals surface area (Å²) < 4.78 is 3.40. The zero-order valence-corrected chi connectivity index (χ0v) is 20.5. The van der Waals surface area contributed by atoms with E-state index in [4.69, 9.17) is 21.8 Å². The number of likely N-dealkylation sites (N-methyl/N-ethyl adjacent to an activating group) is 1. The van der Waals surface area contributed by atoms with Crippen LogP contribution in [-0.4, -0.2) is 91.8 Å². The van der Waals surface area contributed by atoms with Crippen molar-refractivity contribution in [3.05, 3.63) is 51.7 Å². The maximum atomic E-state index is 12.9. The highest BCUT2D eigenvalue weighted by Gasteiger charge is 2.21. The molecule has 0 aliphatic carbocycles. The molecule has 2 aliphatic heterocycles. The van der Waals surface area contributed by atoms with Crippen molar-refractivity contribution in [1.82, 2.24) is 24.1 Å². The average Bonchev–Trinajstić information content (AvgIpc) is 2.98. The van der Waals surface area contributed by atoms with Crippen LogP contribution in [0.1, 0.15) is 12.2 Å². The van der Waals surface area contributed by atoms with Crippen LogP contribution in [-0.2, 0) is 22.6 Å². The number of carboxylic acids is 2. The van der Waals surface area contributed by atoms with Crippen molar-refractivity contribution >= 4 is 35.3 Å². The van der Waals surface area contributed by atoms with Gasteiger partial charge in [0.2, 0.25) is 0 Å². The van der Waals surface area contributed by atoms with Gasteiger partial charge >= 0.3 is 17.6 Å². The van der Waals surface area contributed by atoms with Crippen molar-refractivity contribution < 1.29 is 19.8 Å². The van der Waals surface area contributed by atoms with E-state index in [0.29, 0.717) is 23.7 Å². The van der Waals surface area contributed by atoms with E-state index in [2.05, 4.69) is 21.9 Å². The molecule has 1 saturated heterocycles. The minimum absolute atomic E-state index is 0.0375. The van der Waals surface area contributed by atoms with Crippen molar-refractivity contribution in [1.29, 1.82) is 0 Å². The number of benzene rings is 1. The molecule has 12 heteroatoms. The van der Waals surface area contributed by atoms with Gasteiger partial charge < -0.3 is 20.0 Å². The van der Waals surface area contributed by atoms with Crippen molar-refractivity contribution in [2.75, 3.05) is 45.5 Å². The number of fused-ring (bicyclic) bond motifs is 3. The lowest BCUT2D eigenvalue weighted by atomic mass is 10.3. The van der Waals surface area contributed by atoms with Crippen LogP contribution in [0.3, 0.4) is 0 Å². The second kappa shape index (κ2) is 12.2. The predicted octanol–water partition coefficient (Wildman–Crippen LogP) is 1.68. The van der Waals surface area contributed by atoms with Gasteiger partial charge in [0, 0.05) is 73.5 Å². The number of hydrogen-bond donors (Lipinski definition) is 2. The molecule has 1 aromatic heterocycles. The third-order valence-electron chi connectivity index (χ3n) is 5.46. The van der Waals surface area contributed by atoms with Crippen LogP contribution in [0.4, 0.5) is 0 Å². The van der Waals surface area contributed by atoms with E-state index in [1.54, 1.807) is 21.0 Å². The van der Waals surface area contributed by atoms with E-state index >= 15 is 0 Å². The number of thioether (sulfide) groups is 1. The summed E-state index contributed by atoms with van der Waals surface area (Å²) in [6, 6.07) is 5.71. The summed E-state index contributed by atoms with van der Waals surface area (Å²) in [5.74, 6) is -0.756. The minimum atomic E-state index is -1.26. The number of halogens is 1. The summed E-state index contributed by atoms with van der Waals surface area (Å²) in [7, 11) is 2.17. The number of hydrogen-bond acceptors (Lipinski definition) is 7. The predicted molar refractivity (Wildman–Crippen MR) is 130 cm³/mol. The molecule has 0 radical (unpaired) electrons. The van der Waals surface area contributed by atoms with Crippen LogP contribution in [0.25, 0.3) is 5.69 Å². The van der Waals surface area contributed by atoms with Crippen molar-refractivity contribution in [3.63, 3.8) is 0 Å². The number of carboxylic acid groups (broad SMARTS) is 2. The van der Waals surface area contributed by atoms with E-state index in [-0.39, 0.29) is 5.69 Å². The van der Waals surface area contributed by atoms with E-state index in [9.17, 15) is 14.4 Å². The molecule has 0 spiro atoms. The monoisotopic (exact) mass is 509 g/mol. The Morgan fingerprint density at radius 3 is 2.44 bits per heavy atom. The molecule has 34 heavy (non-hydrogen) atoms. The molecule has 1 aromatic carbocycles. The standard InChI is InChI=1S/C18H24ClN5OS.C4H4O4/c1-21-8-10-22(11-9-21)6-2-7-23-18(25)24-15-4-3-14(19)13-16(15)26-12-5-17(24)20-23;5-3(6)1-2-4(7)8/h3-4,13H,2,5-12H2,1H3;1-2H,(H,5,6)(H,7,8)/b;2-1+. The number of carbonyl (C=O) groups is 2. The summed E-state index contributed by atoms with van der Waals surface area (Å²) in [5.41, 5.74) is 0.867. The van der Waals surface area contributed by atoms with Gasteiger partial charge in [-0.1, -0.05) is 11.6 Å². The Bertz CT molecular complexity index is 1090. The molecule has 0 bridgehead atoms. The highest BCUT2D eigenvalue weighted by atomic mass is 35.5. The highest BCUT2D eigenvalue weighted by molar-refractivity contribution is 7.99. The second-order valence-electron chi connectivity index (χ2n) is 7.98. The minimum Gasteiger partial charge on any atom is -0.478 e. The van der Waals surface area contributed by atoms with Gasteiger partial charge in [0.05, 0.1) is 5.69 Å². The maximum Gasteiger partial charge on any atom is 0.350 e.